The first-order valence-electron chi connectivity index (χ1n) is 16.2. The molecule has 8 nitrogen and oxygen atoms in total. The van der Waals surface area contributed by atoms with Crippen LogP contribution in [0.4, 0.5) is 8.78 Å². The van der Waals surface area contributed by atoms with Crippen LogP contribution in [0.5, 0.6) is 0 Å². The molecule has 1 aliphatic heterocycles. The van der Waals surface area contributed by atoms with E-state index >= 15 is 0 Å². The number of nitrogens with one attached hydrogen (secondary N) is 3. The molecule has 1 fully saturated rings. The smallest absolute Gasteiger partial charge is 0.253 e. The Morgan fingerprint density at radius 3 is 2.26 bits per heavy atom. The second-order valence-corrected chi connectivity index (χ2v) is 12.5. The summed E-state index contributed by atoms with van der Waals surface area (Å²) < 4.78 is 27.7. The van der Waals surface area contributed by atoms with Crippen molar-refractivity contribution in [2.24, 2.45) is 5.92 Å². The molecule has 2 atom stereocenters. The van der Waals surface area contributed by atoms with Crippen LogP contribution in [-0.2, 0) is 11.2 Å². The predicted octanol–water partition coefficient (Wildman–Crippen LogP) is 5.58. The molecular formula is C37H43F2N5O3. The molecule has 0 bridgehead atoms. The maximum atomic E-state index is 13.9. The Hall–Kier alpha value is -4.62. The molecule has 1 aliphatic rings. The minimum Gasteiger partial charge on any atom is -0.354 e. The van der Waals surface area contributed by atoms with Gasteiger partial charge in [-0.2, -0.15) is 5.26 Å². The van der Waals surface area contributed by atoms with Crippen molar-refractivity contribution in [3.63, 3.8) is 0 Å². The Morgan fingerprint density at radius 1 is 0.936 bits per heavy atom. The number of hydrogen-bond donors (Lipinski definition) is 3. The van der Waals surface area contributed by atoms with E-state index in [1.807, 2.05) is 51.1 Å². The number of nitrogens with zero attached hydrogens (tertiary/aromatic N) is 2. The highest BCUT2D eigenvalue weighted by Crippen LogP contribution is 2.30. The molecule has 0 aromatic heterocycles. The molecule has 0 spiro atoms. The molecule has 0 aliphatic carbocycles. The third kappa shape index (κ3) is 9.93. The van der Waals surface area contributed by atoms with Gasteiger partial charge in [-0.25, -0.2) is 8.78 Å². The van der Waals surface area contributed by atoms with Gasteiger partial charge < -0.3 is 20.9 Å². The summed E-state index contributed by atoms with van der Waals surface area (Å²) in [4.78, 5) is 41.7. The van der Waals surface area contributed by atoms with E-state index in [1.54, 1.807) is 36.4 Å². The van der Waals surface area contributed by atoms with Gasteiger partial charge in [-0.1, -0.05) is 69.3 Å². The molecule has 0 unspecified atom stereocenters. The van der Waals surface area contributed by atoms with Crippen molar-refractivity contribution in [3.05, 3.63) is 95.1 Å². The van der Waals surface area contributed by atoms with Crippen molar-refractivity contribution in [1.82, 2.24) is 20.9 Å². The van der Waals surface area contributed by atoms with Gasteiger partial charge in [-0.3, -0.25) is 14.4 Å². The van der Waals surface area contributed by atoms with Gasteiger partial charge in [0.1, 0.15) is 0 Å². The number of likely N-dealkylation sites (tertiary alicyclic amines) is 1. The van der Waals surface area contributed by atoms with Gasteiger partial charge in [-0.15, -0.1) is 0 Å². The minimum atomic E-state index is -2.82. The van der Waals surface area contributed by atoms with Crippen molar-refractivity contribution in [2.45, 2.75) is 64.5 Å². The van der Waals surface area contributed by atoms with Crippen LogP contribution in [0.25, 0.3) is 11.1 Å². The van der Waals surface area contributed by atoms with E-state index in [4.69, 9.17) is 0 Å². The number of hydrogen-bond acceptors (Lipinski definition) is 5. The normalized spacial score (nSPS) is 15.4. The highest BCUT2D eigenvalue weighted by Gasteiger charge is 2.36. The van der Waals surface area contributed by atoms with Crippen molar-refractivity contribution < 1.29 is 23.2 Å². The van der Waals surface area contributed by atoms with E-state index in [0.717, 1.165) is 5.56 Å². The fourth-order valence-corrected chi connectivity index (χ4v) is 5.57. The Bertz CT molecular complexity index is 1580. The molecule has 248 valence electrons. The molecule has 3 amide bonds. The quantitative estimate of drug-likeness (QED) is 0.225. The third-order valence-corrected chi connectivity index (χ3v) is 8.26. The number of alkyl halides is 2. The van der Waals surface area contributed by atoms with Crippen molar-refractivity contribution >= 4 is 17.7 Å². The first kappa shape index (κ1) is 35.2. The first-order chi connectivity index (χ1) is 22.5. The molecule has 1 heterocycles. The third-order valence-electron chi connectivity index (χ3n) is 8.26. The van der Waals surface area contributed by atoms with Crippen LogP contribution in [0.2, 0.25) is 0 Å². The molecule has 0 radical (unpaired) electrons. The van der Waals surface area contributed by atoms with Gasteiger partial charge in [0, 0.05) is 56.2 Å². The molecule has 3 aromatic carbocycles. The van der Waals surface area contributed by atoms with Crippen LogP contribution in [0, 0.1) is 17.2 Å². The number of halogens is 2. The zero-order chi connectivity index (χ0) is 34.0. The molecule has 4 rings (SSSR count). The maximum Gasteiger partial charge on any atom is 0.253 e. The molecular weight excluding hydrogens is 600 g/mol. The zero-order valence-corrected chi connectivity index (χ0v) is 27.2. The summed E-state index contributed by atoms with van der Waals surface area (Å²) >= 11 is 0. The average Bonchev–Trinajstić information content (AvgIpc) is 3.07. The van der Waals surface area contributed by atoms with Gasteiger partial charge in [-0.05, 0) is 59.7 Å². The average molecular weight is 644 g/mol. The molecule has 3 N–H and O–H groups in total. The molecule has 10 heteroatoms. The molecule has 0 saturated carbocycles. The van der Waals surface area contributed by atoms with E-state index in [0.29, 0.717) is 48.5 Å². The lowest BCUT2D eigenvalue weighted by atomic mass is 9.95. The van der Waals surface area contributed by atoms with Crippen LogP contribution >= 0.6 is 0 Å². The number of benzene rings is 3. The summed E-state index contributed by atoms with van der Waals surface area (Å²) in [6, 6.07) is 22.6. The highest BCUT2D eigenvalue weighted by atomic mass is 19.3. The van der Waals surface area contributed by atoms with Crippen LogP contribution < -0.4 is 16.0 Å². The number of amides is 3. The Morgan fingerprint density at radius 2 is 1.60 bits per heavy atom. The number of carbonyl (C=O) groups is 3. The first-order valence-corrected chi connectivity index (χ1v) is 16.2. The van der Waals surface area contributed by atoms with Gasteiger partial charge in [0.2, 0.25) is 5.91 Å². The second kappa shape index (κ2) is 16.3. The Balaban J connectivity index is 1.63. The lowest BCUT2D eigenvalue weighted by Crippen LogP contribution is -2.50. The summed E-state index contributed by atoms with van der Waals surface area (Å²) in [6.45, 7) is 6.65. The van der Waals surface area contributed by atoms with Crippen molar-refractivity contribution in [1.29, 1.82) is 5.26 Å². The summed E-state index contributed by atoms with van der Waals surface area (Å²) in [5, 5.41) is 19.1. The van der Waals surface area contributed by atoms with Gasteiger partial charge >= 0.3 is 0 Å². The predicted molar refractivity (Wildman–Crippen MR) is 178 cm³/mol. The number of nitriles is 1. The van der Waals surface area contributed by atoms with Gasteiger partial charge in [0.25, 0.3) is 17.7 Å². The molecule has 3 aromatic rings. The van der Waals surface area contributed by atoms with E-state index in [1.165, 1.54) is 11.0 Å². The standard InChI is InChI=1S/C37H43F2N5O3/c1-4-33(35(46)42-23-25(2)3)41-24-31(18-26-10-6-5-7-11-26)43-34(45)29-19-28(32-13-9-8-12-27(32)22-40)20-30(21-29)36(47)44-16-14-37(38,39)15-17-44/h5-13,19-21,25,31,33,41H,4,14-18,23-24H2,1-3H3,(H,42,46)(H,43,45)/t31-,33-/m0/s1. The van der Waals surface area contributed by atoms with Crippen LogP contribution in [0.15, 0.2) is 72.8 Å². The number of piperidine rings is 1. The fraction of sp³-hybridized carbons (Fsp3) is 0.405. The van der Waals surface area contributed by atoms with Crippen molar-refractivity contribution in [2.75, 3.05) is 26.2 Å². The molecule has 1 saturated heterocycles. The Labute approximate surface area is 275 Å². The van der Waals surface area contributed by atoms with Crippen LogP contribution in [0.1, 0.15) is 71.9 Å². The largest absolute Gasteiger partial charge is 0.354 e. The van der Waals surface area contributed by atoms with Crippen molar-refractivity contribution in [3.8, 4) is 17.2 Å². The second-order valence-electron chi connectivity index (χ2n) is 12.5. The SMILES string of the molecule is CC[C@H](NC[C@H](Cc1ccccc1)NC(=O)c1cc(C(=O)N2CCC(F)(F)CC2)cc(-c2ccccc2C#N)c1)C(=O)NCC(C)C. The van der Waals surface area contributed by atoms with E-state index in [2.05, 4.69) is 22.0 Å². The Kier molecular flexibility index (Phi) is 12.2. The topological polar surface area (TPSA) is 114 Å². The summed E-state index contributed by atoms with van der Waals surface area (Å²) in [5.41, 5.74) is 2.77. The highest BCUT2D eigenvalue weighted by molar-refractivity contribution is 6.02. The van der Waals surface area contributed by atoms with Crippen LogP contribution in [-0.4, -0.2) is 66.8 Å². The van der Waals surface area contributed by atoms with Gasteiger partial charge in [0.05, 0.1) is 17.7 Å². The number of carbonyl (C=O) groups excluding carboxylic acids is 3. The maximum absolute atomic E-state index is 13.9. The lowest BCUT2D eigenvalue weighted by molar-refractivity contribution is -0.123. The van der Waals surface area contributed by atoms with E-state index in [9.17, 15) is 28.4 Å². The summed E-state index contributed by atoms with van der Waals surface area (Å²) in [7, 11) is 0. The monoisotopic (exact) mass is 643 g/mol. The summed E-state index contributed by atoms with van der Waals surface area (Å²) in [5.74, 6) is -3.51. The van der Waals surface area contributed by atoms with E-state index < -0.39 is 42.7 Å². The number of rotatable bonds is 13. The minimum absolute atomic E-state index is 0.0967. The zero-order valence-electron chi connectivity index (χ0n) is 27.2. The van der Waals surface area contributed by atoms with E-state index in [-0.39, 0.29) is 30.1 Å². The fourth-order valence-electron chi connectivity index (χ4n) is 5.57. The summed E-state index contributed by atoms with van der Waals surface area (Å²) in [6.07, 6.45) is 0.190. The van der Waals surface area contributed by atoms with Gasteiger partial charge in [0.15, 0.2) is 0 Å². The lowest BCUT2D eigenvalue weighted by Gasteiger charge is -2.32. The molecule has 47 heavy (non-hydrogen) atoms. The van der Waals surface area contributed by atoms with Crippen LogP contribution in [0.3, 0.4) is 0 Å².